The zero-order valence-electron chi connectivity index (χ0n) is 25.9. The SMILES string of the molecule is CCC(C)CC(=O)N(NS(=O)(=O)c1ccc2oc3ccccc3c2c1)C(CC)CCc1cccc(OCc2ccccc2)c1O. The third kappa shape index (κ3) is 7.49. The fourth-order valence-electron chi connectivity index (χ4n) is 5.38. The summed E-state index contributed by atoms with van der Waals surface area (Å²) in [6, 6.07) is 26.8. The molecule has 0 saturated heterocycles. The molecule has 5 rings (SSSR count). The summed E-state index contributed by atoms with van der Waals surface area (Å²) in [5, 5.41) is 13.8. The average molecular weight is 629 g/mol. The molecule has 2 atom stereocenters. The number of hydrogen-bond acceptors (Lipinski definition) is 6. The van der Waals surface area contributed by atoms with Crippen LogP contribution >= 0.6 is 0 Å². The molecule has 0 aliphatic heterocycles. The van der Waals surface area contributed by atoms with Crippen molar-refractivity contribution in [2.24, 2.45) is 5.92 Å². The molecule has 8 nitrogen and oxygen atoms in total. The van der Waals surface area contributed by atoms with E-state index in [1.165, 1.54) is 11.1 Å². The van der Waals surface area contributed by atoms with Gasteiger partial charge < -0.3 is 14.3 Å². The van der Waals surface area contributed by atoms with Crippen LogP contribution in [0.5, 0.6) is 11.5 Å². The first-order chi connectivity index (χ1) is 21.7. The minimum atomic E-state index is -4.13. The number of benzene rings is 4. The summed E-state index contributed by atoms with van der Waals surface area (Å²) in [6.07, 6.45) is 2.33. The normalized spacial score (nSPS) is 13.1. The molecular weight excluding hydrogens is 588 g/mol. The number of phenols is 1. The molecule has 0 spiro atoms. The van der Waals surface area contributed by atoms with Gasteiger partial charge in [-0.05, 0) is 66.6 Å². The van der Waals surface area contributed by atoms with E-state index in [4.69, 9.17) is 9.15 Å². The van der Waals surface area contributed by atoms with Gasteiger partial charge in [-0.25, -0.2) is 8.42 Å². The summed E-state index contributed by atoms with van der Waals surface area (Å²) in [4.78, 5) is 16.3. The third-order valence-electron chi connectivity index (χ3n) is 8.27. The zero-order valence-corrected chi connectivity index (χ0v) is 26.7. The third-order valence-corrected chi connectivity index (χ3v) is 9.58. The molecule has 5 aromatic rings. The Morgan fingerprint density at radius 2 is 1.64 bits per heavy atom. The van der Waals surface area contributed by atoms with Crippen LogP contribution in [0.3, 0.4) is 0 Å². The van der Waals surface area contributed by atoms with E-state index >= 15 is 0 Å². The fraction of sp³-hybridized carbons (Fsp3) is 0.306. The van der Waals surface area contributed by atoms with Gasteiger partial charge in [0, 0.05) is 23.2 Å². The van der Waals surface area contributed by atoms with Gasteiger partial charge in [0.15, 0.2) is 11.5 Å². The van der Waals surface area contributed by atoms with Crippen LogP contribution in [0.15, 0.2) is 100 Å². The van der Waals surface area contributed by atoms with Crippen molar-refractivity contribution in [1.29, 1.82) is 0 Å². The van der Waals surface area contributed by atoms with Crippen molar-refractivity contribution in [2.45, 2.75) is 70.4 Å². The van der Waals surface area contributed by atoms with Gasteiger partial charge >= 0.3 is 0 Å². The summed E-state index contributed by atoms with van der Waals surface area (Å²) in [7, 11) is -4.13. The Balaban J connectivity index is 1.37. The van der Waals surface area contributed by atoms with Crippen molar-refractivity contribution in [3.63, 3.8) is 0 Å². The maximum absolute atomic E-state index is 13.8. The second kappa shape index (κ2) is 14.2. The Hall–Kier alpha value is -4.34. The topological polar surface area (TPSA) is 109 Å². The number of nitrogens with zero attached hydrogens (tertiary/aromatic N) is 1. The number of aromatic hydroxyl groups is 1. The van der Waals surface area contributed by atoms with E-state index in [9.17, 15) is 18.3 Å². The first kappa shape index (κ1) is 32.1. The van der Waals surface area contributed by atoms with Gasteiger partial charge in [-0.3, -0.25) is 9.80 Å². The van der Waals surface area contributed by atoms with Crippen LogP contribution in [-0.2, 0) is 27.8 Å². The average Bonchev–Trinajstić information content (AvgIpc) is 3.43. The van der Waals surface area contributed by atoms with Crippen molar-refractivity contribution in [3.8, 4) is 11.5 Å². The molecule has 4 aromatic carbocycles. The number of furan rings is 1. The Morgan fingerprint density at radius 3 is 2.40 bits per heavy atom. The molecule has 0 saturated carbocycles. The first-order valence-corrected chi connectivity index (χ1v) is 16.9. The first-order valence-electron chi connectivity index (χ1n) is 15.4. The van der Waals surface area contributed by atoms with Crippen molar-refractivity contribution >= 4 is 37.9 Å². The molecule has 236 valence electrons. The molecule has 1 aromatic heterocycles. The molecule has 45 heavy (non-hydrogen) atoms. The van der Waals surface area contributed by atoms with Crippen LogP contribution < -0.4 is 9.57 Å². The Kier molecular flexibility index (Phi) is 10.1. The molecule has 1 amide bonds. The van der Waals surface area contributed by atoms with E-state index in [0.29, 0.717) is 53.7 Å². The van der Waals surface area contributed by atoms with Crippen LogP contribution in [0.1, 0.15) is 57.6 Å². The van der Waals surface area contributed by atoms with Gasteiger partial charge in [-0.2, -0.15) is 0 Å². The van der Waals surface area contributed by atoms with Crippen molar-refractivity contribution < 1.29 is 27.5 Å². The standard InChI is InChI=1S/C36H40N2O6S/c1-4-25(3)22-35(39)38(37-45(41,42)29-20-21-33-31(23-29)30-15-9-10-16-32(30)44-33)28(5-2)19-18-27-14-11-17-34(36(27)40)43-24-26-12-7-6-8-13-26/h6-17,20-21,23,25,28,37,40H,4-5,18-19,22,24H2,1-3H3. The minimum Gasteiger partial charge on any atom is -0.504 e. The maximum atomic E-state index is 13.8. The number of hydrogen-bond donors (Lipinski definition) is 2. The van der Waals surface area contributed by atoms with Gasteiger partial charge in [0.05, 0.1) is 4.90 Å². The highest BCUT2D eigenvalue weighted by Gasteiger charge is 2.29. The number of phenolic OH excluding ortho intramolecular Hbond substituents is 1. The summed E-state index contributed by atoms with van der Waals surface area (Å²) in [6.45, 7) is 6.22. The molecule has 2 N–H and O–H groups in total. The summed E-state index contributed by atoms with van der Waals surface area (Å²) in [5.74, 6) is 0.205. The number of aryl methyl sites for hydroxylation is 1. The molecular formula is C36H40N2O6S. The van der Waals surface area contributed by atoms with E-state index in [1.54, 1.807) is 18.2 Å². The van der Waals surface area contributed by atoms with Crippen LogP contribution in [0.4, 0.5) is 0 Å². The van der Waals surface area contributed by atoms with Crippen molar-refractivity contribution in [2.75, 3.05) is 0 Å². The number of fused-ring (bicyclic) bond motifs is 3. The Labute approximate surface area is 264 Å². The number of carbonyl (C=O) groups excluding carboxylic acids is 1. The van der Waals surface area contributed by atoms with E-state index in [-0.39, 0.29) is 28.9 Å². The summed E-state index contributed by atoms with van der Waals surface area (Å²) >= 11 is 0. The molecule has 2 unspecified atom stereocenters. The van der Waals surface area contributed by atoms with Crippen molar-refractivity contribution in [1.82, 2.24) is 9.84 Å². The van der Waals surface area contributed by atoms with Gasteiger partial charge in [-0.15, -0.1) is 4.83 Å². The highest BCUT2D eigenvalue weighted by Crippen LogP contribution is 2.33. The minimum absolute atomic E-state index is 0.0404. The number of para-hydroxylation sites is 2. The molecule has 0 bridgehead atoms. The molecule has 0 aliphatic carbocycles. The molecule has 9 heteroatoms. The second-order valence-electron chi connectivity index (χ2n) is 11.5. The van der Waals surface area contributed by atoms with Crippen LogP contribution in [0.25, 0.3) is 21.9 Å². The zero-order chi connectivity index (χ0) is 32.0. The van der Waals surface area contributed by atoms with Crippen molar-refractivity contribution in [3.05, 3.63) is 102 Å². The molecule has 0 radical (unpaired) electrons. The smallest absolute Gasteiger partial charge is 0.257 e. The van der Waals surface area contributed by atoms with Crippen LogP contribution in [-0.4, -0.2) is 30.5 Å². The van der Waals surface area contributed by atoms with E-state index in [0.717, 1.165) is 17.4 Å². The number of carbonyl (C=O) groups is 1. The monoisotopic (exact) mass is 628 g/mol. The van der Waals surface area contributed by atoms with E-state index in [1.807, 2.05) is 87.5 Å². The largest absolute Gasteiger partial charge is 0.504 e. The second-order valence-corrected chi connectivity index (χ2v) is 13.1. The van der Waals surface area contributed by atoms with Gasteiger partial charge in [0.25, 0.3) is 10.0 Å². The van der Waals surface area contributed by atoms with Crippen LogP contribution in [0.2, 0.25) is 0 Å². The molecule has 0 aliphatic rings. The number of rotatable bonds is 14. The van der Waals surface area contributed by atoms with E-state index < -0.39 is 16.1 Å². The lowest BCUT2D eigenvalue weighted by Crippen LogP contribution is -2.52. The van der Waals surface area contributed by atoms with Gasteiger partial charge in [0.1, 0.15) is 17.8 Å². The van der Waals surface area contributed by atoms with Gasteiger partial charge in [-0.1, -0.05) is 87.9 Å². The Bertz CT molecular complexity index is 1870. The lowest BCUT2D eigenvalue weighted by molar-refractivity contribution is -0.136. The lowest BCUT2D eigenvalue weighted by Gasteiger charge is -2.32. The molecule has 1 heterocycles. The fourth-order valence-corrected chi connectivity index (χ4v) is 6.52. The van der Waals surface area contributed by atoms with Gasteiger partial charge in [0.2, 0.25) is 5.91 Å². The number of ether oxygens (including phenoxy) is 1. The predicted molar refractivity (Wildman–Crippen MR) is 176 cm³/mol. The quantitative estimate of drug-likeness (QED) is 0.122. The molecule has 0 fully saturated rings. The highest BCUT2D eigenvalue weighted by molar-refractivity contribution is 7.89. The Morgan fingerprint density at radius 1 is 0.911 bits per heavy atom. The van der Waals surface area contributed by atoms with E-state index in [2.05, 4.69) is 4.83 Å². The number of hydrazine groups is 1. The summed E-state index contributed by atoms with van der Waals surface area (Å²) in [5.41, 5.74) is 2.90. The highest BCUT2D eigenvalue weighted by atomic mass is 32.2. The lowest BCUT2D eigenvalue weighted by atomic mass is 10.0. The summed E-state index contributed by atoms with van der Waals surface area (Å²) < 4.78 is 39.4. The van der Waals surface area contributed by atoms with Crippen LogP contribution in [0, 0.1) is 5.92 Å². The number of nitrogens with one attached hydrogen (secondary N) is 1. The number of sulfonamides is 1. The number of amides is 1. The maximum Gasteiger partial charge on any atom is 0.257 e. The predicted octanol–water partition coefficient (Wildman–Crippen LogP) is 7.74.